The fourth-order valence-electron chi connectivity index (χ4n) is 2.09. The molecule has 1 N–H and O–H groups in total. The normalized spacial score (nSPS) is 12.9. The van der Waals surface area contributed by atoms with Gasteiger partial charge in [0, 0.05) is 18.7 Å². The summed E-state index contributed by atoms with van der Waals surface area (Å²) in [5.41, 5.74) is -1.33. The molecule has 1 aromatic rings. The maximum atomic E-state index is 12.1. The number of hydrogen-bond donors (Lipinski definition) is 1. The van der Waals surface area contributed by atoms with E-state index in [0.717, 1.165) is 20.3 Å². The van der Waals surface area contributed by atoms with Crippen LogP contribution in [-0.2, 0) is 23.8 Å². The number of methoxy groups -OCH3 is 2. The van der Waals surface area contributed by atoms with Gasteiger partial charge in [-0.15, -0.1) is 0 Å². The Morgan fingerprint density at radius 3 is 2.34 bits per heavy atom. The van der Waals surface area contributed by atoms with Crippen molar-refractivity contribution in [3.8, 4) is 5.88 Å². The van der Waals surface area contributed by atoms with Crippen molar-refractivity contribution in [1.82, 2.24) is 10.3 Å². The van der Waals surface area contributed by atoms with Crippen molar-refractivity contribution in [2.75, 3.05) is 14.2 Å². The second-order valence-corrected chi connectivity index (χ2v) is 6.67. The molecule has 0 unspecified atom stereocenters. The summed E-state index contributed by atoms with van der Waals surface area (Å²) in [6.45, 7) is 4.88. The lowest BCUT2D eigenvalue weighted by molar-refractivity contribution is -0.386. The van der Waals surface area contributed by atoms with Crippen molar-refractivity contribution < 1.29 is 38.3 Å². The van der Waals surface area contributed by atoms with E-state index < -0.39 is 58.7 Å². The molecule has 1 heterocycles. The second-order valence-electron chi connectivity index (χ2n) is 6.67. The first-order valence-electron chi connectivity index (χ1n) is 8.39. The van der Waals surface area contributed by atoms with E-state index in [1.165, 1.54) is 12.3 Å². The average molecular weight is 413 g/mol. The zero-order valence-electron chi connectivity index (χ0n) is 16.7. The summed E-state index contributed by atoms with van der Waals surface area (Å²) in [4.78, 5) is 50.3. The molecule has 0 aromatic carbocycles. The Hall–Kier alpha value is -3.44. The lowest BCUT2D eigenvalue weighted by Crippen LogP contribution is -2.47. The molecule has 0 saturated heterocycles. The lowest BCUT2D eigenvalue weighted by Gasteiger charge is -2.24. The van der Waals surface area contributed by atoms with Crippen LogP contribution in [0.4, 0.5) is 10.5 Å². The largest absolute Gasteiger partial charge is 0.467 e. The van der Waals surface area contributed by atoms with Crippen LogP contribution in [-0.4, -0.2) is 59.9 Å². The molecule has 0 saturated carbocycles. The van der Waals surface area contributed by atoms with E-state index in [4.69, 9.17) is 9.47 Å². The number of nitrogens with zero attached hydrogens (tertiary/aromatic N) is 2. The first-order chi connectivity index (χ1) is 13.5. The summed E-state index contributed by atoms with van der Waals surface area (Å²) in [5.74, 6) is -2.28. The van der Waals surface area contributed by atoms with Crippen molar-refractivity contribution >= 4 is 23.7 Å². The summed E-state index contributed by atoms with van der Waals surface area (Å²) >= 11 is 0. The molecular formula is C17H23N3O9. The van der Waals surface area contributed by atoms with Gasteiger partial charge in [0.2, 0.25) is 0 Å². The molecule has 1 aromatic heterocycles. The molecule has 0 aliphatic carbocycles. The maximum absolute atomic E-state index is 12.1. The smallest absolute Gasteiger partial charge is 0.408 e. The number of ether oxygens (including phenoxy) is 4. The maximum Gasteiger partial charge on any atom is 0.408 e. The van der Waals surface area contributed by atoms with Gasteiger partial charge in [-0.1, -0.05) is 0 Å². The molecule has 12 heteroatoms. The van der Waals surface area contributed by atoms with E-state index in [0.29, 0.717) is 0 Å². The number of rotatable bonds is 8. The molecule has 12 nitrogen and oxygen atoms in total. The first-order valence-corrected chi connectivity index (χ1v) is 8.39. The van der Waals surface area contributed by atoms with Crippen LogP contribution < -0.4 is 10.1 Å². The summed E-state index contributed by atoms with van der Waals surface area (Å²) in [7, 11) is 2.16. The predicted octanol–water partition coefficient (Wildman–Crippen LogP) is 1.37. The summed E-state index contributed by atoms with van der Waals surface area (Å²) in [5, 5.41) is 13.4. The summed E-state index contributed by atoms with van der Waals surface area (Å²) in [6.07, 6.45) is -1.66. The predicted molar refractivity (Wildman–Crippen MR) is 97.1 cm³/mol. The number of esters is 2. The van der Waals surface area contributed by atoms with E-state index in [2.05, 4.69) is 19.8 Å². The third-order valence-corrected chi connectivity index (χ3v) is 3.29. The van der Waals surface area contributed by atoms with Gasteiger partial charge in [-0.2, -0.15) is 0 Å². The minimum Gasteiger partial charge on any atom is -0.467 e. The van der Waals surface area contributed by atoms with Crippen molar-refractivity contribution in [3.63, 3.8) is 0 Å². The topological polar surface area (TPSA) is 156 Å². The molecule has 29 heavy (non-hydrogen) atoms. The van der Waals surface area contributed by atoms with Crippen LogP contribution in [0.2, 0.25) is 0 Å². The van der Waals surface area contributed by atoms with Crippen LogP contribution in [0.3, 0.4) is 0 Å². The molecule has 2 atom stereocenters. The minimum absolute atomic E-state index is 0.450. The number of alkyl carbamates (subject to hydrolysis) is 1. The molecule has 0 spiro atoms. The molecule has 160 valence electrons. The Balaban J connectivity index is 3.09. The van der Waals surface area contributed by atoms with Crippen LogP contribution in [0, 0.1) is 10.1 Å². The van der Waals surface area contributed by atoms with Gasteiger partial charge in [0.1, 0.15) is 11.6 Å². The summed E-state index contributed by atoms with van der Waals surface area (Å²) in [6, 6.07) is 1.09. The molecule has 0 bridgehead atoms. The first kappa shape index (κ1) is 23.6. The summed E-state index contributed by atoms with van der Waals surface area (Å²) < 4.78 is 19.7. The molecule has 0 aliphatic heterocycles. The number of carbonyl (C=O) groups is 3. The van der Waals surface area contributed by atoms with Gasteiger partial charge in [0.15, 0.2) is 6.10 Å². The van der Waals surface area contributed by atoms with Crippen LogP contribution in [0.15, 0.2) is 18.3 Å². The average Bonchev–Trinajstić information content (AvgIpc) is 2.64. The van der Waals surface area contributed by atoms with Crippen molar-refractivity contribution in [2.45, 2.75) is 44.9 Å². The highest BCUT2D eigenvalue weighted by atomic mass is 16.6. The van der Waals surface area contributed by atoms with Crippen molar-refractivity contribution in [2.24, 2.45) is 0 Å². The minimum atomic E-state index is -1.51. The van der Waals surface area contributed by atoms with E-state index >= 15 is 0 Å². The van der Waals surface area contributed by atoms with Gasteiger partial charge in [-0.05, 0) is 26.8 Å². The van der Waals surface area contributed by atoms with Crippen LogP contribution >= 0.6 is 0 Å². The highest BCUT2D eigenvalue weighted by molar-refractivity contribution is 5.83. The van der Waals surface area contributed by atoms with Crippen molar-refractivity contribution in [3.05, 3.63) is 28.4 Å². The highest BCUT2D eigenvalue weighted by Gasteiger charge is 2.34. The van der Waals surface area contributed by atoms with E-state index in [9.17, 15) is 24.5 Å². The van der Waals surface area contributed by atoms with Gasteiger partial charge in [-0.3, -0.25) is 10.1 Å². The fourth-order valence-corrected chi connectivity index (χ4v) is 2.09. The molecule has 0 radical (unpaired) electrons. The SMILES string of the molecule is COC(=O)[C@H](C[C@H](Oc1ncccc1[N+](=O)[O-])C(=O)OC)NC(=O)OC(C)(C)C. The quantitative estimate of drug-likeness (QED) is 0.286. The molecule has 1 rings (SSSR count). The molecular weight excluding hydrogens is 390 g/mol. The number of aromatic nitrogens is 1. The van der Waals surface area contributed by atoms with Crippen molar-refractivity contribution in [1.29, 1.82) is 0 Å². The highest BCUT2D eigenvalue weighted by Crippen LogP contribution is 2.25. The Bertz CT molecular complexity index is 761. The van der Waals surface area contributed by atoms with Crippen LogP contribution in [0.1, 0.15) is 27.2 Å². The molecule has 1 amide bonds. The van der Waals surface area contributed by atoms with E-state index in [-0.39, 0.29) is 0 Å². The standard InChI is InChI=1S/C17H23N3O9/c1-17(2,3)29-16(23)19-10(14(21)26-4)9-12(15(22)27-5)28-13-11(20(24)25)7-6-8-18-13/h6-8,10,12H,9H2,1-5H3,(H,19,23)/t10-,12-/m0/s1. The third kappa shape index (κ3) is 7.60. The number of nitro groups is 1. The lowest BCUT2D eigenvalue weighted by atomic mass is 10.1. The third-order valence-electron chi connectivity index (χ3n) is 3.29. The Labute approximate surface area is 166 Å². The Morgan fingerprint density at radius 2 is 1.83 bits per heavy atom. The fraction of sp³-hybridized carbons (Fsp3) is 0.529. The monoisotopic (exact) mass is 413 g/mol. The van der Waals surface area contributed by atoms with Crippen LogP contribution in [0.5, 0.6) is 5.88 Å². The van der Waals surface area contributed by atoms with Gasteiger partial charge in [0.05, 0.1) is 19.1 Å². The van der Waals surface area contributed by atoms with Gasteiger partial charge in [-0.25, -0.2) is 19.4 Å². The molecule has 0 aliphatic rings. The number of amides is 1. The van der Waals surface area contributed by atoms with Gasteiger partial charge >= 0.3 is 23.7 Å². The Morgan fingerprint density at radius 1 is 1.21 bits per heavy atom. The van der Waals surface area contributed by atoms with Gasteiger partial charge < -0.3 is 24.3 Å². The van der Waals surface area contributed by atoms with Crippen LogP contribution in [0.25, 0.3) is 0 Å². The number of nitrogens with one attached hydrogen (secondary N) is 1. The second kappa shape index (κ2) is 10.2. The number of pyridine rings is 1. The Kier molecular flexibility index (Phi) is 8.30. The number of hydrogen-bond acceptors (Lipinski definition) is 10. The molecule has 0 fully saturated rings. The van der Waals surface area contributed by atoms with Gasteiger partial charge in [0.25, 0.3) is 5.88 Å². The zero-order chi connectivity index (χ0) is 22.2. The van der Waals surface area contributed by atoms with E-state index in [1.807, 2.05) is 0 Å². The van der Waals surface area contributed by atoms with E-state index in [1.54, 1.807) is 20.8 Å². The zero-order valence-corrected chi connectivity index (χ0v) is 16.7. The number of carbonyl (C=O) groups excluding carboxylic acids is 3.